The molecule has 0 spiro atoms. The molecule has 0 aliphatic heterocycles. The fourth-order valence-corrected chi connectivity index (χ4v) is 3.05. The monoisotopic (exact) mass is 350 g/mol. The molecule has 7 heteroatoms. The third-order valence-electron chi connectivity index (χ3n) is 3.97. The number of rotatable bonds is 6. The number of ether oxygens (including phenoxy) is 1. The lowest BCUT2D eigenvalue weighted by Crippen LogP contribution is -2.43. The first-order chi connectivity index (χ1) is 12.4. The number of hydrogen-bond acceptors (Lipinski definition) is 6. The predicted octanol–water partition coefficient (Wildman–Crippen LogP) is 2.81. The summed E-state index contributed by atoms with van der Waals surface area (Å²) in [7, 11) is 0. The van der Waals surface area contributed by atoms with E-state index in [1.54, 1.807) is 29.2 Å². The van der Waals surface area contributed by atoms with Crippen molar-refractivity contribution in [3.05, 3.63) is 42.4 Å². The van der Waals surface area contributed by atoms with Gasteiger partial charge in [0.2, 0.25) is 0 Å². The van der Waals surface area contributed by atoms with E-state index in [1.165, 1.54) is 0 Å². The maximum atomic E-state index is 9.51. The van der Waals surface area contributed by atoms with Crippen LogP contribution in [0.5, 0.6) is 5.75 Å². The molecule has 0 aliphatic rings. The predicted molar refractivity (Wildman–Crippen MR) is 98.5 cm³/mol. The van der Waals surface area contributed by atoms with Crippen molar-refractivity contribution in [2.24, 2.45) is 11.7 Å². The molecule has 134 valence electrons. The summed E-state index contributed by atoms with van der Waals surface area (Å²) in [6.07, 6.45) is 5.76. The molecule has 0 amide bonds. The van der Waals surface area contributed by atoms with E-state index in [2.05, 4.69) is 35.0 Å². The Kier molecular flexibility index (Phi) is 4.87. The second-order valence-corrected chi connectivity index (χ2v) is 7.15. The number of nitrogens with zero attached hydrogens (tertiary/aromatic N) is 5. The summed E-state index contributed by atoms with van der Waals surface area (Å²) in [4.78, 5) is 8.68. The fraction of sp³-hybridized carbons (Fsp3) is 0.368. The van der Waals surface area contributed by atoms with Gasteiger partial charge in [-0.15, -0.1) is 0 Å². The zero-order valence-electron chi connectivity index (χ0n) is 15.2. The smallest absolute Gasteiger partial charge is 0.155 e. The van der Waals surface area contributed by atoms with Gasteiger partial charge >= 0.3 is 0 Å². The first-order valence-corrected chi connectivity index (χ1v) is 8.50. The molecule has 0 aliphatic carbocycles. The van der Waals surface area contributed by atoms with Crippen molar-refractivity contribution in [1.82, 2.24) is 19.6 Å². The molecule has 1 atom stereocenters. The van der Waals surface area contributed by atoms with E-state index >= 15 is 0 Å². The topological polar surface area (TPSA) is 102 Å². The van der Waals surface area contributed by atoms with Crippen LogP contribution in [0.25, 0.3) is 17.0 Å². The van der Waals surface area contributed by atoms with Gasteiger partial charge in [0.25, 0.3) is 0 Å². The molecule has 26 heavy (non-hydrogen) atoms. The van der Waals surface area contributed by atoms with Gasteiger partial charge in [0, 0.05) is 17.8 Å². The molecule has 0 fully saturated rings. The van der Waals surface area contributed by atoms with Crippen molar-refractivity contribution in [2.45, 2.75) is 32.7 Å². The van der Waals surface area contributed by atoms with Crippen molar-refractivity contribution in [1.29, 1.82) is 5.26 Å². The molecule has 7 nitrogen and oxygen atoms in total. The summed E-state index contributed by atoms with van der Waals surface area (Å²) in [5, 5.41) is 13.8. The molecule has 0 saturated carbocycles. The van der Waals surface area contributed by atoms with Crippen LogP contribution in [0.2, 0.25) is 0 Å². The van der Waals surface area contributed by atoms with E-state index in [0.29, 0.717) is 29.5 Å². The molecular weight excluding hydrogens is 328 g/mol. The van der Waals surface area contributed by atoms with Gasteiger partial charge < -0.3 is 10.5 Å². The van der Waals surface area contributed by atoms with E-state index in [9.17, 15) is 5.26 Å². The molecule has 0 radical (unpaired) electrons. The number of nitrogens with two attached hydrogens (primary N) is 1. The zero-order valence-corrected chi connectivity index (χ0v) is 15.2. The van der Waals surface area contributed by atoms with Crippen molar-refractivity contribution < 1.29 is 4.74 Å². The van der Waals surface area contributed by atoms with E-state index in [1.807, 2.05) is 19.1 Å². The van der Waals surface area contributed by atoms with Crippen molar-refractivity contribution in [2.75, 3.05) is 6.61 Å². The lowest BCUT2D eigenvalue weighted by atomic mass is 9.93. The average molecular weight is 350 g/mol. The van der Waals surface area contributed by atoms with Crippen LogP contribution in [-0.4, -0.2) is 31.7 Å². The molecule has 0 saturated heterocycles. The van der Waals surface area contributed by atoms with Crippen LogP contribution in [0.15, 0.2) is 36.8 Å². The Morgan fingerprint density at radius 2 is 2.12 bits per heavy atom. The van der Waals surface area contributed by atoms with E-state index in [-0.39, 0.29) is 0 Å². The van der Waals surface area contributed by atoms with Crippen LogP contribution >= 0.6 is 0 Å². The quantitative estimate of drug-likeness (QED) is 0.733. The third kappa shape index (κ3) is 3.81. The largest absolute Gasteiger partial charge is 0.489 e. The van der Waals surface area contributed by atoms with E-state index < -0.39 is 5.54 Å². The molecule has 0 bridgehead atoms. The highest BCUT2D eigenvalue weighted by atomic mass is 16.5. The van der Waals surface area contributed by atoms with E-state index in [4.69, 9.17) is 10.5 Å². The third-order valence-corrected chi connectivity index (χ3v) is 3.97. The van der Waals surface area contributed by atoms with Crippen molar-refractivity contribution in [3.8, 4) is 23.2 Å². The van der Waals surface area contributed by atoms with Crippen LogP contribution in [0, 0.1) is 17.2 Å². The first kappa shape index (κ1) is 17.8. The summed E-state index contributed by atoms with van der Waals surface area (Å²) in [5.41, 5.74) is 8.33. The molecule has 1 unspecified atom stereocenters. The van der Waals surface area contributed by atoms with Gasteiger partial charge in [-0.05, 0) is 31.4 Å². The minimum absolute atomic E-state index is 0.319. The maximum absolute atomic E-state index is 9.51. The van der Waals surface area contributed by atoms with Gasteiger partial charge in [-0.3, -0.25) is 4.98 Å². The van der Waals surface area contributed by atoms with Gasteiger partial charge in [-0.1, -0.05) is 13.8 Å². The Morgan fingerprint density at radius 3 is 2.85 bits per heavy atom. The van der Waals surface area contributed by atoms with Crippen molar-refractivity contribution in [3.63, 3.8) is 0 Å². The summed E-state index contributed by atoms with van der Waals surface area (Å²) < 4.78 is 7.50. The number of fused-ring (bicyclic) bond motifs is 1. The highest BCUT2D eigenvalue weighted by molar-refractivity contribution is 5.61. The van der Waals surface area contributed by atoms with Crippen molar-refractivity contribution >= 4 is 5.65 Å². The van der Waals surface area contributed by atoms with Gasteiger partial charge in [0.05, 0.1) is 29.3 Å². The lowest BCUT2D eigenvalue weighted by molar-refractivity contribution is 0.206. The average Bonchev–Trinajstić information content (AvgIpc) is 3.07. The highest BCUT2D eigenvalue weighted by Crippen LogP contribution is 2.25. The van der Waals surface area contributed by atoms with Gasteiger partial charge in [-0.2, -0.15) is 10.4 Å². The summed E-state index contributed by atoms with van der Waals surface area (Å²) in [6, 6.07) is 7.49. The summed E-state index contributed by atoms with van der Waals surface area (Å²) in [5.74, 6) is 0.898. The number of nitriles is 1. The standard InChI is InChI=1S/C19H22N6O/c1-13(2)9-19(3,21)12-26-17-11-23-15(8-14(17)10-20)16-4-6-22-18-5-7-24-25(16)18/h4-8,11,13H,9,12,21H2,1-3H3. The Hall–Kier alpha value is -2.98. The van der Waals surface area contributed by atoms with Crippen LogP contribution in [0.4, 0.5) is 0 Å². The van der Waals surface area contributed by atoms with E-state index in [0.717, 1.165) is 17.8 Å². The Labute approximate surface area is 152 Å². The second kappa shape index (κ2) is 7.10. The second-order valence-electron chi connectivity index (χ2n) is 7.15. The fourth-order valence-electron chi connectivity index (χ4n) is 3.05. The maximum Gasteiger partial charge on any atom is 0.155 e. The minimum Gasteiger partial charge on any atom is -0.489 e. The van der Waals surface area contributed by atoms with Gasteiger partial charge in [-0.25, -0.2) is 9.50 Å². The molecule has 3 rings (SSSR count). The molecule has 3 heterocycles. The van der Waals surface area contributed by atoms with Crippen LogP contribution in [0.1, 0.15) is 32.8 Å². The van der Waals surface area contributed by atoms with Crippen LogP contribution in [-0.2, 0) is 0 Å². The first-order valence-electron chi connectivity index (χ1n) is 8.50. The molecule has 0 aromatic carbocycles. The Balaban J connectivity index is 1.87. The van der Waals surface area contributed by atoms with Crippen LogP contribution < -0.4 is 10.5 Å². The summed E-state index contributed by atoms with van der Waals surface area (Å²) >= 11 is 0. The van der Waals surface area contributed by atoms with Gasteiger partial charge in [0.15, 0.2) is 11.4 Å². The lowest BCUT2D eigenvalue weighted by Gasteiger charge is -2.26. The molecule has 3 aromatic rings. The number of aromatic nitrogens is 4. The molecule has 3 aromatic heterocycles. The normalized spacial score (nSPS) is 13.5. The number of pyridine rings is 1. The SMILES string of the molecule is CC(C)CC(C)(N)COc1cnc(-c2ccnc3ccnn23)cc1C#N. The van der Waals surface area contributed by atoms with Gasteiger partial charge in [0.1, 0.15) is 12.7 Å². The molecule has 2 N–H and O–H groups in total. The Morgan fingerprint density at radius 1 is 1.31 bits per heavy atom. The zero-order chi connectivity index (χ0) is 18.7. The summed E-state index contributed by atoms with van der Waals surface area (Å²) in [6.45, 7) is 6.51. The Bertz CT molecular complexity index is 954. The number of hydrogen-bond donors (Lipinski definition) is 1. The minimum atomic E-state index is -0.466. The highest BCUT2D eigenvalue weighted by Gasteiger charge is 2.22. The van der Waals surface area contributed by atoms with Crippen LogP contribution in [0.3, 0.4) is 0 Å². The molecular formula is C19H22N6O.